The lowest BCUT2D eigenvalue weighted by atomic mass is 10.3. The monoisotopic (exact) mass is 257 g/mol. The van der Waals surface area contributed by atoms with Crippen LogP contribution in [0.2, 0.25) is 0 Å². The number of ether oxygens (including phenoxy) is 2. The van der Waals surface area contributed by atoms with E-state index in [1.807, 2.05) is 24.3 Å². The summed E-state index contributed by atoms with van der Waals surface area (Å²) in [5, 5.41) is 3.25. The van der Waals surface area contributed by atoms with Crippen molar-refractivity contribution in [1.82, 2.24) is 0 Å². The van der Waals surface area contributed by atoms with Gasteiger partial charge in [-0.1, -0.05) is 22.0 Å². The molecule has 4 heteroatoms. The van der Waals surface area contributed by atoms with Gasteiger partial charge in [0, 0.05) is 10.2 Å². The third-order valence-corrected chi connectivity index (χ3v) is 2.48. The second-order valence-electron chi connectivity index (χ2n) is 3.06. The van der Waals surface area contributed by atoms with E-state index in [1.165, 1.54) is 0 Å². The highest BCUT2D eigenvalue weighted by atomic mass is 79.9. The molecule has 1 aromatic rings. The van der Waals surface area contributed by atoms with Crippen LogP contribution in [-0.2, 0) is 9.47 Å². The van der Waals surface area contributed by atoms with Crippen molar-refractivity contribution >= 4 is 21.6 Å². The van der Waals surface area contributed by atoms with Crippen LogP contribution in [0.3, 0.4) is 0 Å². The van der Waals surface area contributed by atoms with Gasteiger partial charge < -0.3 is 14.8 Å². The first-order chi connectivity index (χ1) is 6.84. The molecule has 1 saturated heterocycles. The summed E-state index contributed by atoms with van der Waals surface area (Å²) in [5.41, 5.74) is 1.07. The van der Waals surface area contributed by atoms with Gasteiger partial charge in [0.1, 0.15) is 0 Å². The molecule has 0 spiro atoms. The average Bonchev–Trinajstić information content (AvgIpc) is 2.67. The Hall–Kier alpha value is -0.580. The summed E-state index contributed by atoms with van der Waals surface area (Å²) < 4.78 is 11.7. The van der Waals surface area contributed by atoms with E-state index in [1.54, 1.807) is 0 Å². The molecule has 0 aromatic heterocycles. The Kier molecular flexibility index (Phi) is 3.39. The van der Waals surface area contributed by atoms with Gasteiger partial charge in [0.15, 0.2) is 6.29 Å². The highest BCUT2D eigenvalue weighted by Gasteiger charge is 2.14. The first-order valence-electron chi connectivity index (χ1n) is 4.57. The number of rotatable bonds is 3. The molecule has 1 heterocycles. The fourth-order valence-electron chi connectivity index (χ4n) is 1.32. The van der Waals surface area contributed by atoms with Crippen LogP contribution in [0.15, 0.2) is 28.7 Å². The van der Waals surface area contributed by atoms with E-state index in [-0.39, 0.29) is 6.29 Å². The molecule has 3 nitrogen and oxygen atoms in total. The van der Waals surface area contributed by atoms with Crippen LogP contribution in [0.4, 0.5) is 5.69 Å². The van der Waals surface area contributed by atoms with E-state index in [0.717, 1.165) is 10.2 Å². The highest BCUT2D eigenvalue weighted by molar-refractivity contribution is 9.10. The molecule has 0 unspecified atom stereocenters. The molecule has 0 amide bonds. The third kappa shape index (κ3) is 2.70. The number of hydrogen-bond acceptors (Lipinski definition) is 3. The summed E-state index contributed by atoms with van der Waals surface area (Å²) >= 11 is 3.41. The summed E-state index contributed by atoms with van der Waals surface area (Å²) in [4.78, 5) is 0. The summed E-state index contributed by atoms with van der Waals surface area (Å²) in [6.45, 7) is 2.09. The van der Waals surface area contributed by atoms with Gasteiger partial charge in [-0.3, -0.25) is 0 Å². The Morgan fingerprint density at radius 3 is 2.86 bits per heavy atom. The largest absolute Gasteiger partial charge is 0.380 e. The number of nitrogens with one attached hydrogen (secondary N) is 1. The van der Waals surface area contributed by atoms with Gasteiger partial charge in [0.25, 0.3) is 0 Å². The zero-order chi connectivity index (χ0) is 9.80. The topological polar surface area (TPSA) is 30.5 Å². The molecule has 1 N–H and O–H groups in total. The molecular weight excluding hydrogens is 246 g/mol. The quantitative estimate of drug-likeness (QED) is 0.901. The SMILES string of the molecule is Brc1cccc(NCC2OCCO2)c1. The molecule has 0 atom stereocenters. The summed E-state index contributed by atoms with van der Waals surface area (Å²) in [5.74, 6) is 0. The van der Waals surface area contributed by atoms with Crippen LogP contribution in [0.5, 0.6) is 0 Å². The maximum Gasteiger partial charge on any atom is 0.174 e. The summed E-state index contributed by atoms with van der Waals surface area (Å²) in [6.07, 6.45) is -0.103. The minimum absolute atomic E-state index is 0.103. The zero-order valence-corrected chi connectivity index (χ0v) is 9.29. The van der Waals surface area contributed by atoms with Crippen molar-refractivity contribution in [3.63, 3.8) is 0 Å². The molecule has 2 rings (SSSR count). The Balaban J connectivity index is 1.85. The lowest BCUT2D eigenvalue weighted by Gasteiger charge is -2.11. The molecule has 0 saturated carbocycles. The Morgan fingerprint density at radius 1 is 1.36 bits per heavy atom. The number of hydrogen-bond donors (Lipinski definition) is 1. The predicted octanol–water partition coefficient (Wildman–Crippen LogP) is 2.23. The minimum atomic E-state index is -0.103. The molecule has 14 heavy (non-hydrogen) atoms. The van der Waals surface area contributed by atoms with Crippen molar-refractivity contribution < 1.29 is 9.47 Å². The first kappa shape index (κ1) is 9.96. The zero-order valence-electron chi connectivity index (χ0n) is 7.70. The van der Waals surface area contributed by atoms with E-state index in [0.29, 0.717) is 19.8 Å². The van der Waals surface area contributed by atoms with Crippen molar-refractivity contribution in [2.45, 2.75) is 6.29 Å². The van der Waals surface area contributed by atoms with E-state index < -0.39 is 0 Å². The van der Waals surface area contributed by atoms with Crippen LogP contribution in [0, 0.1) is 0 Å². The van der Waals surface area contributed by atoms with E-state index >= 15 is 0 Å². The van der Waals surface area contributed by atoms with E-state index in [9.17, 15) is 0 Å². The normalized spacial score (nSPS) is 17.2. The third-order valence-electron chi connectivity index (χ3n) is 1.99. The van der Waals surface area contributed by atoms with Gasteiger partial charge >= 0.3 is 0 Å². The smallest absolute Gasteiger partial charge is 0.174 e. The van der Waals surface area contributed by atoms with Crippen LogP contribution in [0.25, 0.3) is 0 Å². The van der Waals surface area contributed by atoms with Gasteiger partial charge in [-0.15, -0.1) is 0 Å². The highest BCUT2D eigenvalue weighted by Crippen LogP contribution is 2.16. The van der Waals surface area contributed by atoms with Gasteiger partial charge in [-0.2, -0.15) is 0 Å². The summed E-state index contributed by atoms with van der Waals surface area (Å²) in [7, 11) is 0. The van der Waals surface area contributed by atoms with Crippen molar-refractivity contribution in [2.24, 2.45) is 0 Å². The maximum atomic E-state index is 5.31. The van der Waals surface area contributed by atoms with Crippen molar-refractivity contribution in [3.05, 3.63) is 28.7 Å². The number of halogens is 1. The second kappa shape index (κ2) is 4.77. The Labute approximate surface area is 91.5 Å². The van der Waals surface area contributed by atoms with Crippen molar-refractivity contribution in [3.8, 4) is 0 Å². The van der Waals surface area contributed by atoms with E-state index in [4.69, 9.17) is 9.47 Å². The van der Waals surface area contributed by atoms with Crippen LogP contribution in [0.1, 0.15) is 0 Å². The van der Waals surface area contributed by atoms with Gasteiger partial charge in [-0.05, 0) is 18.2 Å². The molecule has 1 aliphatic rings. The predicted molar refractivity (Wildman–Crippen MR) is 58.3 cm³/mol. The first-order valence-corrected chi connectivity index (χ1v) is 5.36. The standard InChI is InChI=1S/C10H12BrNO2/c11-8-2-1-3-9(6-8)12-7-10-13-4-5-14-10/h1-3,6,10,12H,4-5,7H2. The van der Waals surface area contributed by atoms with Crippen molar-refractivity contribution in [2.75, 3.05) is 25.1 Å². The fraction of sp³-hybridized carbons (Fsp3) is 0.400. The molecule has 0 aliphatic carbocycles. The number of anilines is 1. The molecule has 76 valence electrons. The molecule has 0 bridgehead atoms. The molecule has 1 aliphatic heterocycles. The lowest BCUT2D eigenvalue weighted by molar-refractivity contribution is -0.0299. The minimum Gasteiger partial charge on any atom is -0.380 e. The fourth-order valence-corrected chi connectivity index (χ4v) is 1.72. The van der Waals surface area contributed by atoms with Crippen LogP contribution in [-0.4, -0.2) is 26.0 Å². The Bertz CT molecular complexity index is 300. The second-order valence-corrected chi connectivity index (χ2v) is 3.98. The number of benzene rings is 1. The van der Waals surface area contributed by atoms with Gasteiger partial charge in [-0.25, -0.2) is 0 Å². The van der Waals surface area contributed by atoms with Gasteiger partial charge in [0.2, 0.25) is 0 Å². The lowest BCUT2D eigenvalue weighted by Crippen LogP contribution is -2.20. The van der Waals surface area contributed by atoms with Crippen molar-refractivity contribution in [1.29, 1.82) is 0 Å². The average molecular weight is 258 g/mol. The summed E-state index contributed by atoms with van der Waals surface area (Å²) in [6, 6.07) is 8.02. The molecular formula is C10H12BrNO2. The Morgan fingerprint density at radius 2 is 2.14 bits per heavy atom. The maximum absolute atomic E-state index is 5.31. The molecule has 1 aromatic carbocycles. The van der Waals surface area contributed by atoms with E-state index in [2.05, 4.69) is 21.2 Å². The van der Waals surface area contributed by atoms with Gasteiger partial charge in [0.05, 0.1) is 19.8 Å². The van der Waals surface area contributed by atoms with Crippen LogP contribution < -0.4 is 5.32 Å². The molecule has 1 fully saturated rings. The molecule has 0 radical (unpaired) electrons. The van der Waals surface area contributed by atoms with Crippen LogP contribution >= 0.6 is 15.9 Å².